The van der Waals surface area contributed by atoms with Crippen molar-refractivity contribution >= 4 is 18.0 Å². The first kappa shape index (κ1) is 27.6. The van der Waals surface area contributed by atoms with Gasteiger partial charge >= 0.3 is 12.1 Å². The van der Waals surface area contributed by atoms with Crippen molar-refractivity contribution < 1.29 is 24.2 Å². The van der Waals surface area contributed by atoms with Gasteiger partial charge in [0.15, 0.2) is 0 Å². The van der Waals surface area contributed by atoms with Gasteiger partial charge in [-0.2, -0.15) is 0 Å². The van der Waals surface area contributed by atoms with Crippen LogP contribution in [0.4, 0.5) is 4.79 Å². The second kappa shape index (κ2) is 11.7. The zero-order valence-corrected chi connectivity index (χ0v) is 23.0. The van der Waals surface area contributed by atoms with Gasteiger partial charge in [-0.1, -0.05) is 105 Å². The normalized spacial score (nSPS) is 13.0. The van der Waals surface area contributed by atoms with Crippen molar-refractivity contribution in [2.75, 3.05) is 13.2 Å². The van der Waals surface area contributed by atoms with Crippen LogP contribution >= 0.6 is 0 Å². The molecule has 4 aromatic carbocycles. The molecule has 2 amide bonds. The molecule has 0 heterocycles. The Bertz CT molecular complexity index is 1520. The molecule has 7 nitrogen and oxygen atoms in total. The standard InChI is InChI=1S/C34H32N2O5/c1-34(2,24-18-16-23(17-19-24)32(38)39)21-35-31(37)30(22-10-4-3-5-11-22)36-33(40)41-20-29-27-14-8-6-12-25(27)26-13-7-9-15-28(26)29/h3-19,29-30H,20-21H2,1-2H3,(H,35,37)(H,36,40)(H,38,39)/t30-/m0/s1. The Morgan fingerprint density at radius 3 is 1.95 bits per heavy atom. The lowest BCUT2D eigenvalue weighted by atomic mass is 9.84. The van der Waals surface area contributed by atoms with Gasteiger partial charge in [0.25, 0.3) is 0 Å². The molecule has 1 atom stereocenters. The number of carbonyl (C=O) groups excluding carboxylic acids is 2. The fraction of sp³-hybridized carbons (Fsp3) is 0.206. The smallest absolute Gasteiger partial charge is 0.408 e. The van der Waals surface area contributed by atoms with Gasteiger partial charge in [0, 0.05) is 17.9 Å². The largest absolute Gasteiger partial charge is 0.478 e. The number of hydrogen-bond acceptors (Lipinski definition) is 4. The lowest BCUT2D eigenvalue weighted by Crippen LogP contribution is -2.44. The molecule has 0 saturated heterocycles. The first-order valence-corrected chi connectivity index (χ1v) is 13.5. The van der Waals surface area contributed by atoms with E-state index in [4.69, 9.17) is 4.74 Å². The number of benzene rings is 4. The summed E-state index contributed by atoms with van der Waals surface area (Å²) >= 11 is 0. The summed E-state index contributed by atoms with van der Waals surface area (Å²) in [7, 11) is 0. The van der Waals surface area contributed by atoms with Crippen LogP contribution in [-0.2, 0) is 14.9 Å². The molecular weight excluding hydrogens is 516 g/mol. The molecule has 0 radical (unpaired) electrons. The monoisotopic (exact) mass is 548 g/mol. The third-order valence-corrected chi connectivity index (χ3v) is 7.62. The highest BCUT2D eigenvalue weighted by Crippen LogP contribution is 2.44. The number of carbonyl (C=O) groups is 3. The van der Waals surface area contributed by atoms with Crippen molar-refractivity contribution in [2.24, 2.45) is 0 Å². The van der Waals surface area contributed by atoms with Gasteiger partial charge in [0.2, 0.25) is 5.91 Å². The summed E-state index contributed by atoms with van der Waals surface area (Å²) in [6.45, 7) is 4.33. The summed E-state index contributed by atoms with van der Waals surface area (Å²) in [5, 5.41) is 14.9. The van der Waals surface area contributed by atoms with Crippen molar-refractivity contribution in [3.63, 3.8) is 0 Å². The molecule has 0 aromatic heterocycles. The summed E-state index contributed by atoms with van der Waals surface area (Å²) in [5.41, 5.74) is 5.71. The Balaban J connectivity index is 1.26. The van der Waals surface area contributed by atoms with Crippen LogP contribution in [0.5, 0.6) is 0 Å². The number of nitrogens with one attached hydrogen (secondary N) is 2. The van der Waals surface area contributed by atoms with E-state index in [9.17, 15) is 19.5 Å². The van der Waals surface area contributed by atoms with Gasteiger partial charge in [-0.15, -0.1) is 0 Å². The minimum absolute atomic E-state index is 0.0922. The molecule has 7 heteroatoms. The molecule has 0 aliphatic heterocycles. The summed E-state index contributed by atoms with van der Waals surface area (Å²) in [6, 6.07) is 30.9. The van der Waals surface area contributed by atoms with E-state index in [0.29, 0.717) is 5.56 Å². The number of fused-ring (bicyclic) bond motifs is 3. The van der Waals surface area contributed by atoms with E-state index in [2.05, 4.69) is 34.9 Å². The van der Waals surface area contributed by atoms with Crippen LogP contribution < -0.4 is 10.6 Å². The maximum Gasteiger partial charge on any atom is 0.408 e. The van der Waals surface area contributed by atoms with Crippen LogP contribution in [0.15, 0.2) is 103 Å². The molecule has 0 unspecified atom stereocenters. The number of alkyl carbamates (subject to hydrolysis) is 1. The second-order valence-electron chi connectivity index (χ2n) is 10.8. The highest BCUT2D eigenvalue weighted by molar-refractivity contribution is 5.88. The van der Waals surface area contributed by atoms with E-state index >= 15 is 0 Å². The molecule has 41 heavy (non-hydrogen) atoms. The minimum atomic E-state index is -0.993. The summed E-state index contributed by atoms with van der Waals surface area (Å²) in [6.07, 6.45) is -0.681. The van der Waals surface area contributed by atoms with Crippen LogP contribution in [0, 0.1) is 0 Å². The number of carboxylic acid groups (broad SMARTS) is 1. The topological polar surface area (TPSA) is 105 Å². The number of ether oxygens (including phenoxy) is 1. The predicted molar refractivity (Wildman–Crippen MR) is 157 cm³/mol. The first-order valence-electron chi connectivity index (χ1n) is 13.5. The van der Waals surface area contributed by atoms with E-state index in [0.717, 1.165) is 27.8 Å². The summed E-state index contributed by atoms with van der Waals surface area (Å²) in [5.74, 6) is -1.46. The summed E-state index contributed by atoms with van der Waals surface area (Å²) in [4.78, 5) is 37.7. The highest BCUT2D eigenvalue weighted by atomic mass is 16.5. The Morgan fingerprint density at radius 2 is 1.37 bits per heavy atom. The van der Waals surface area contributed by atoms with Crippen molar-refractivity contribution in [1.82, 2.24) is 10.6 Å². The molecule has 0 spiro atoms. The average molecular weight is 549 g/mol. The van der Waals surface area contributed by atoms with Crippen molar-refractivity contribution in [2.45, 2.75) is 31.2 Å². The Hall–Kier alpha value is -4.91. The molecule has 0 fully saturated rings. The third-order valence-electron chi connectivity index (χ3n) is 7.62. The van der Waals surface area contributed by atoms with E-state index < -0.39 is 23.5 Å². The zero-order valence-electron chi connectivity index (χ0n) is 23.0. The van der Waals surface area contributed by atoms with Gasteiger partial charge < -0.3 is 20.5 Å². The molecule has 1 aliphatic carbocycles. The molecule has 208 valence electrons. The third kappa shape index (κ3) is 5.99. The van der Waals surface area contributed by atoms with Crippen molar-refractivity contribution in [3.8, 4) is 11.1 Å². The first-order chi connectivity index (χ1) is 19.7. The highest BCUT2D eigenvalue weighted by Gasteiger charge is 2.31. The molecule has 1 aliphatic rings. The lowest BCUT2D eigenvalue weighted by molar-refractivity contribution is -0.123. The maximum absolute atomic E-state index is 13.4. The van der Waals surface area contributed by atoms with Gasteiger partial charge in [-0.3, -0.25) is 4.79 Å². The number of rotatable bonds is 9. The van der Waals surface area contributed by atoms with Crippen LogP contribution in [0.2, 0.25) is 0 Å². The lowest BCUT2D eigenvalue weighted by Gasteiger charge is -2.27. The molecule has 0 bridgehead atoms. The van der Waals surface area contributed by atoms with E-state index in [1.54, 1.807) is 36.4 Å². The fourth-order valence-corrected chi connectivity index (χ4v) is 5.28. The number of hydrogen-bond donors (Lipinski definition) is 3. The van der Waals surface area contributed by atoms with E-state index in [1.807, 2.05) is 56.3 Å². The molecule has 3 N–H and O–H groups in total. The van der Waals surface area contributed by atoms with Gasteiger partial charge in [0.1, 0.15) is 12.6 Å². The predicted octanol–water partition coefficient (Wildman–Crippen LogP) is 6.06. The number of aromatic carboxylic acids is 1. The van der Waals surface area contributed by atoms with Gasteiger partial charge in [-0.05, 0) is 45.5 Å². The Kier molecular flexibility index (Phi) is 7.88. The zero-order chi connectivity index (χ0) is 29.0. The fourth-order valence-electron chi connectivity index (χ4n) is 5.28. The maximum atomic E-state index is 13.4. The van der Waals surface area contributed by atoms with Crippen LogP contribution in [0.3, 0.4) is 0 Å². The molecular formula is C34H32N2O5. The quantitative estimate of drug-likeness (QED) is 0.236. The van der Waals surface area contributed by atoms with Crippen LogP contribution in [0.25, 0.3) is 11.1 Å². The second-order valence-corrected chi connectivity index (χ2v) is 10.8. The van der Waals surface area contributed by atoms with Gasteiger partial charge in [-0.25, -0.2) is 9.59 Å². The molecule has 5 rings (SSSR count). The average Bonchev–Trinajstić information content (AvgIpc) is 3.31. The van der Waals surface area contributed by atoms with Crippen molar-refractivity contribution in [1.29, 1.82) is 0 Å². The Labute approximate surface area is 239 Å². The minimum Gasteiger partial charge on any atom is -0.478 e. The molecule has 4 aromatic rings. The van der Waals surface area contributed by atoms with Crippen LogP contribution in [-0.4, -0.2) is 36.2 Å². The number of amides is 2. The SMILES string of the molecule is CC(C)(CNC(=O)[C@@H](NC(=O)OCC1c2ccccc2-c2ccccc21)c1ccccc1)c1ccc(C(=O)O)cc1. The number of carboxylic acids is 1. The van der Waals surface area contributed by atoms with E-state index in [-0.39, 0.29) is 30.5 Å². The summed E-state index contributed by atoms with van der Waals surface area (Å²) < 4.78 is 5.71. The van der Waals surface area contributed by atoms with Crippen LogP contribution in [0.1, 0.15) is 58.4 Å². The van der Waals surface area contributed by atoms with Crippen molar-refractivity contribution in [3.05, 3.63) is 131 Å². The van der Waals surface area contributed by atoms with Gasteiger partial charge in [0.05, 0.1) is 5.56 Å². The molecule has 0 saturated carbocycles. The Morgan fingerprint density at radius 1 is 0.805 bits per heavy atom. The van der Waals surface area contributed by atoms with E-state index in [1.165, 1.54) is 0 Å².